The third kappa shape index (κ3) is 3.82. The molecule has 20 heavy (non-hydrogen) atoms. The van der Waals surface area contributed by atoms with Crippen LogP contribution in [-0.4, -0.2) is 32.0 Å². The first-order valence-corrected chi connectivity index (χ1v) is 6.72. The molecule has 0 aliphatic rings. The van der Waals surface area contributed by atoms with Crippen LogP contribution in [0.15, 0.2) is 34.9 Å². The number of hydrogen-bond donors (Lipinski definition) is 1. The van der Waals surface area contributed by atoms with E-state index in [0.717, 1.165) is 29.3 Å². The average Bonchev–Trinajstić information content (AvgIpc) is 2.93. The molecule has 2 aromatic rings. The monoisotopic (exact) mass is 276 g/mol. The fraction of sp³-hybridized carbons (Fsp3) is 0.400. The molecule has 0 amide bonds. The first-order chi connectivity index (χ1) is 9.85. The molecule has 1 N–H and O–H groups in total. The Hall–Kier alpha value is -1.85. The Morgan fingerprint density at radius 1 is 1.30 bits per heavy atom. The smallest absolute Gasteiger partial charge is 0.170 e. The average molecular weight is 276 g/mol. The molecule has 0 atom stereocenters. The molecule has 0 saturated heterocycles. The first-order valence-electron chi connectivity index (χ1n) is 6.72. The molecule has 5 nitrogen and oxygen atoms in total. The predicted molar refractivity (Wildman–Crippen MR) is 76.7 cm³/mol. The predicted octanol–water partition coefficient (Wildman–Crippen LogP) is 2.48. The zero-order valence-corrected chi connectivity index (χ0v) is 11.9. The van der Waals surface area contributed by atoms with Crippen molar-refractivity contribution < 1.29 is 14.0 Å². The van der Waals surface area contributed by atoms with Crippen LogP contribution in [0.5, 0.6) is 5.75 Å². The molecule has 0 radical (unpaired) electrons. The minimum atomic E-state index is 0.622. The summed E-state index contributed by atoms with van der Waals surface area (Å²) >= 11 is 0. The van der Waals surface area contributed by atoms with Gasteiger partial charge in [0.15, 0.2) is 5.76 Å². The van der Waals surface area contributed by atoms with Crippen LogP contribution in [0.25, 0.3) is 11.3 Å². The quantitative estimate of drug-likeness (QED) is 0.751. The number of nitrogens with zero attached hydrogens (tertiary/aromatic N) is 1. The minimum Gasteiger partial charge on any atom is -0.493 e. The lowest BCUT2D eigenvalue weighted by Gasteiger charge is -2.06. The van der Waals surface area contributed by atoms with E-state index in [2.05, 4.69) is 10.5 Å². The van der Waals surface area contributed by atoms with Crippen molar-refractivity contribution in [3.63, 3.8) is 0 Å². The first kappa shape index (κ1) is 14.6. The highest BCUT2D eigenvalue weighted by Crippen LogP contribution is 2.30. The Kier molecular flexibility index (Phi) is 5.58. The van der Waals surface area contributed by atoms with E-state index in [4.69, 9.17) is 14.0 Å². The van der Waals surface area contributed by atoms with Gasteiger partial charge in [-0.3, -0.25) is 0 Å². The number of nitrogens with one attached hydrogen (secondary N) is 1. The van der Waals surface area contributed by atoms with Crippen molar-refractivity contribution in [1.29, 1.82) is 0 Å². The maximum Gasteiger partial charge on any atom is 0.170 e. The van der Waals surface area contributed by atoms with Crippen LogP contribution in [0.2, 0.25) is 0 Å². The lowest BCUT2D eigenvalue weighted by Crippen LogP contribution is -2.18. The highest BCUT2D eigenvalue weighted by Gasteiger charge is 2.11. The van der Waals surface area contributed by atoms with Crippen molar-refractivity contribution >= 4 is 0 Å². The number of methoxy groups -OCH3 is 1. The van der Waals surface area contributed by atoms with Gasteiger partial charge in [0.05, 0.1) is 24.5 Å². The standard InChI is InChI=1S/C15H20N2O3/c1-3-19-14-7-5-4-6-13(14)15-10-12(17-20-15)11-16-8-9-18-2/h4-7,10,16H,3,8-9,11H2,1-2H3. The van der Waals surface area contributed by atoms with Gasteiger partial charge in [0.2, 0.25) is 0 Å². The van der Waals surface area contributed by atoms with Crippen LogP contribution in [0.3, 0.4) is 0 Å². The number of para-hydroxylation sites is 1. The molecule has 108 valence electrons. The second-order valence-corrected chi connectivity index (χ2v) is 4.28. The van der Waals surface area contributed by atoms with E-state index in [1.807, 2.05) is 37.3 Å². The Balaban J connectivity index is 2.04. The largest absolute Gasteiger partial charge is 0.493 e. The Morgan fingerprint density at radius 2 is 2.15 bits per heavy atom. The van der Waals surface area contributed by atoms with E-state index in [-0.39, 0.29) is 0 Å². The van der Waals surface area contributed by atoms with Gasteiger partial charge in [-0.25, -0.2) is 0 Å². The highest BCUT2D eigenvalue weighted by molar-refractivity contribution is 5.65. The molecule has 0 unspecified atom stereocenters. The molecule has 0 fully saturated rings. The van der Waals surface area contributed by atoms with Crippen LogP contribution in [0.4, 0.5) is 0 Å². The van der Waals surface area contributed by atoms with Crippen LogP contribution in [0.1, 0.15) is 12.6 Å². The molecule has 1 heterocycles. The Bertz CT molecular complexity index is 525. The molecular formula is C15H20N2O3. The summed E-state index contributed by atoms with van der Waals surface area (Å²) in [6.07, 6.45) is 0. The van der Waals surface area contributed by atoms with Crippen molar-refractivity contribution in [3.05, 3.63) is 36.0 Å². The van der Waals surface area contributed by atoms with Gasteiger partial charge in [-0.1, -0.05) is 17.3 Å². The van der Waals surface area contributed by atoms with E-state index >= 15 is 0 Å². The highest BCUT2D eigenvalue weighted by atomic mass is 16.5. The summed E-state index contributed by atoms with van der Waals surface area (Å²) in [5.74, 6) is 1.53. The summed E-state index contributed by atoms with van der Waals surface area (Å²) < 4.78 is 16.0. The Labute approximate surface area is 118 Å². The van der Waals surface area contributed by atoms with Crippen LogP contribution in [-0.2, 0) is 11.3 Å². The third-order valence-corrected chi connectivity index (χ3v) is 2.80. The van der Waals surface area contributed by atoms with E-state index < -0.39 is 0 Å². The summed E-state index contributed by atoms with van der Waals surface area (Å²) in [7, 11) is 1.68. The summed E-state index contributed by atoms with van der Waals surface area (Å²) in [5.41, 5.74) is 1.78. The van der Waals surface area contributed by atoms with Gasteiger partial charge in [0.1, 0.15) is 5.75 Å². The van der Waals surface area contributed by atoms with Gasteiger partial charge in [0.25, 0.3) is 0 Å². The van der Waals surface area contributed by atoms with Gasteiger partial charge in [-0.2, -0.15) is 0 Å². The minimum absolute atomic E-state index is 0.622. The Morgan fingerprint density at radius 3 is 2.95 bits per heavy atom. The lowest BCUT2D eigenvalue weighted by atomic mass is 10.1. The summed E-state index contributed by atoms with van der Waals surface area (Å²) in [6.45, 7) is 4.70. The molecule has 1 aromatic carbocycles. The summed E-state index contributed by atoms with van der Waals surface area (Å²) in [6, 6.07) is 9.72. The van der Waals surface area contributed by atoms with E-state index in [0.29, 0.717) is 19.8 Å². The zero-order chi connectivity index (χ0) is 14.2. The van der Waals surface area contributed by atoms with Gasteiger partial charge in [-0.05, 0) is 19.1 Å². The molecular weight excluding hydrogens is 256 g/mol. The SMILES string of the molecule is CCOc1ccccc1-c1cc(CNCCOC)no1. The fourth-order valence-corrected chi connectivity index (χ4v) is 1.86. The zero-order valence-electron chi connectivity index (χ0n) is 11.9. The van der Waals surface area contributed by atoms with Crippen molar-refractivity contribution in [3.8, 4) is 17.1 Å². The fourth-order valence-electron chi connectivity index (χ4n) is 1.86. The van der Waals surface area contributed by atoms with Crippen molar-refractivity contribution in [1.82, 2.24) is 10.5 Å². The molecule has 0 aliphatic heterocycles. The summed E-state index contributed by atoms with van der Waals surface area (Å²) in [5, 5.41) is 7.29. The topological polar surface area (TPSA) is 56.5 Å². The van der Waals surface area contributed by atoms with E-state index in [1.54, 1.807) is 7.11 Å². The van der Waals surface area contributed by atoms with Gasteiger partial charge in [-0.15, -0.1) is 0 Å². The lowest BCUT2D eigenvalue weighted by molar-refractivity contribution is 0.199. The third-order valence-electron chi connectivity index (χ3n) is 2.80. The number of hydrogen-bond acceptors (Lipinski definition) is 5. The molecule has 2 rings (SSSR count). The second kappa shape index (κ2) is 7.67. The summed E-state index contributed by atoms with van der Waals surface area (Å²) in [4.78, 5) is 0. The van der Waals surface area contributed by atoms with Crippen LogP contribution >= 0.6 is 0 Å². The van der Waals surface area contributed by atoms with Gasteiger partial charge in [0, 0.05) is 26.3 Å². The maximum atomic E-state index is 5.59. The molecule has 0 aliphatic carbocycles. The molecule has 0 spiro atoms. The molecule has 1 aromatic heterocycles. The maximum absolute atomic E-state index is 5.59. The van der Waals surface area contributed by atoms with Gasteiger partial charge >= 0.3 is 0 Å². The molecule has 5 heteroatoms. The molecule has 0 saturated carbocycles. The van der Waals surface area contributed by atoms with Crippen LogP contribution < -0.4 is 10.1 Å². The second-order valence-electron chi connectivity index (χ2n) is 4.28. The number of rotatable bonds is 8. The molecule has 0 bridgehead atoms. The number of benzene rings is 1. The van der Waals surface area contributed by atoms with Gasteiger partial charge < -0.3 is 19.3 Å². The van der Waals surface area contributed by atoms with Crippen molar-refractivity contribution in [2.75, 3.05) is 26.9 Å². The number of aromatic nitrogens is 1. The number of ether oxygens (including phenoxy) is 2. The van der Waals surface area contributed by atoms with Crippen molar-refractivity contribution in [2.45, 2.75) is 13.5 Å². The normalized spacial score (nSPS) is 10.7. The van der Waals surface area contributed by atoms with Crippen molar-refractivity contribution in [2.24, 2.45) is 0 Å². The van der Waals surface area contributed by atoms with E-state index in [9.17, 15) is 0 Å². The van der Waals surface area contributed by atoms with Crippen LogP contribution in [0, 0.1) is 0 Å². The van der Waals surface area contributed by atoms with E-state index in [1.165, 1.54) is 0 Å².